The molecule has 4 heteroatoms. The fraction of sp³-hybridized carbons (Fsp3) is 0.286. The van der Waals surface area contributed by atoms with E-state index in [1.165, 1.54) is 4.90 Å². The summed E-state index contributed by atoms with van der Waals surface area (Å²) in [7, 11) is 0. The number of carbonyl (C=O) groups is 2. The van der Waals surface area contributed by atoms with E-state index in [-0.39, 0.29) is 11.6 Å². The molecule has 1 aromatic rings. The first-order chi connectivity index (χ1) is 8.57. The molecule has 0 bridgehead atoms. The molecule has 0 atom stereocenters. The number of carbonyl (C=O) groups excluding carboxylic acids is 1. The fourth-order valence-electron chi connectivity index (χ4n) is 1.53. The van der Waals surface area contributed by atoms with Crippen molar-refractivity contribution in [3.05, 3.63) is 48.2 Å². The van der Waals surface area contributed by atoms with Crippen LogP contribution >= 0.6 is 0 Å². The van der Waals surface area contributed by atoms with Gasteiger partial charge in [-0.1, -0.05) is 38.1 Å². The number of hydrogen-bond donors (Lipinski definition) is 1. The summed E-state index contributed by atoms with van der Waals surface area (Å²) in [5.74, 6) is -1.49. The number of amides is 1. The summed E-state index contributed by atoms with van der Waals surface area (Å²) in [6.45, 7) is 5.81. The van der Waals surface area contributed by atoms with Gasteiger partial charge in [0, 0.05) is 12.1 Å². The minimum absolute atomic E-state index is 0.183. The van der Waals surface area contributed by atoms with Crippen LogP contribution < -0.4 is 0 Å². The van der Waals surface area contributed by atoms with Crippen LogP contribution in [0, 0.1) is 0 Å². The van der Waals surface area contributed by atoms with Crippen LogP contribution in [0.1, 0.15) is 30.1 Å². The molecule has 1 rings (SSSR count). The maximum Gasteiger partial charge on any atom is 0.351 e. The van der Waals surface area contributed by atoms with Crippen LogP contribution in [0.2, 0.25) is 0 Å². The second kappa shape index (κ2) is 6.59. The molecule has 1 amide bonds. The minimum atomic E-state index is -1.17. The molecule has 1 N–H and O–H groups in total. The predicted molar refractivity (Wildman–Crippen MR) is 69.2 cm³/mol. The van der Waals surface area contributed by atoms with Gasteiger partial charge < -0.3 is 10.0 Å². The van der Waals surface area contributed by atoms with Gasteiger partial charge in [0.05, 0.1) is 0 Å². The molecular formula is C14H17NO3. The Hall–Kier alpha value is -2.10. The summed E-state index contributed by atoms with van der Waals surface area (Å²) in [6.07, 6.45) is 1.62. The lowest BCUT2D eigenvalue weighted by Gasteiger charge is -2.22. The quantitative estimate of drug-likeness (QED) is 0.786. The smallest absolute Gasteiger partial charge is 0.351 e. The van der Waals surface area contributed by atoms with E-state index in [0.717, 1.165) is 12.8 Å². The molecular weight excluding hydrogens is 230 g/mol. The molecule has 0 aliphatic carbocycles. The summed E-state index contributed by atoms with van der Waals surface area (Å²) < 4.78 is 0. The van der Waals surface area contributed by atoms with E-state index in [1.807, 2.05) is 6.92 Å². The Bertz CT molecular complexity index is 440. The van der Waals surface area contributed by atoms with Gasteiger partial charge in [-0.2, -0.15) is 0 Å². The largest absolute Gasteiger partial charge is 0.477 e. The van der Waals surface area contributed by atoms with Crippen molar-refractivity contribution in [1.82, 2.24) is 4.90 Å². The van der Waals surface area contributed by atoms with Crippen LogP contribution in [-0.4, -0.2) is 28.4 Å². The lowest BCUT2D eigenvalue weighted by molar-refractivity contribution is -0.134. The normalized spacial score (nSPS) is 9.83. The van der Waals surface area contributed by atoms with Gasteiger partial charge in [0.15, 0.2) is 0 Å². The molecule has 0 aliphatic heterocycles. The van der Waals surface area contributed by atoms with Crippen molar-refractivity contribution < 1.29 is 14.7 Å². The van der Waals surface area contributed by atoms with Crippen LogP contribution in [0.3, 0.4) is 0 Å². The van der Waals surface area contributed by atoms with E-state index < -0.39 is 5.97 Å². The van der Waals surface area contributed by atoms with Crippen molar-refractivity contribution in [2.45, 2.75) is 19.8 Å². The Kier molecular flexibility index (Phi) is 5.11. The van der Waals surface area contributed by atoms with Gasteiger partial charge >= 0.3 is 5.97 Å². The molecule has 96 valence electrons. The lowest BCUT2D eigenvalue weighted by atomic mass is 10.1. The SMILES string of the molecule is C=C(C(=O)O)N(CCCC)C(=O)c1ccccc1. The highest BCUT2D eigenvalue weighted by Crippen LogP contribution is 2.11. The van der Waals surface area contributed by atoms with E-state index >= 15 is 0 Å². The molecule has 1 aromatic carbocycles. The summed E-state index contributed by atoms with van der Waals surface area (Å²) in [4.78, 5) is 24.4. The number of nitrogens with zero attached hydrogens (tertiary/aromatic N) is 1. The van der Waals surface area contributed by atoms with Crippen LogP contribution in [0.25, 0.3) is 0 Å². The van der Waals surface area contributed by atoms with E-state index in [1.54, 1.807) is 30.3 Å². The molecule has 0 radical (unpaired) electrons. The van der Waals surface area contributed by atoms with Crippen molar-refractivity contribution >= 4 is 11.9 Å². The van der Waals surface area contributed by atoms with Crippen molar-refractivity contribution in [3.63, 3.8) is 0 Å². The summed E-state index contributed by atoms with van der Waals surface area (Å²) in [6, 6.07) is 8.62. The summed E-state index contributed by atoms with van der Waals surface area (Å²) in [5, 5.41) is 8.95. The molecule has 0 spiro atoms. The number of benzene rings is 1. The zero-order chi connectivity index (χ0) is 13.5. The number of rotatable bonds is 6. The third kappa shape index (κ3) is 3.45. The highest BCUT2D eigenvalue weighted by atomic mass is 16.4. The van der Waals surface area contributed by atoms with Crippen LogP contribution in [0.15, 0.2) is 42.6 Å². The molecule has 0 aliphatic rings. The van der Waals surface area contributed by atoms with Crippen LogP contribution in [0.4, 0.5) is 0 Å². The lowest BCUT2D eigenvalue weighted by Crippen LogP contribution is -2.34. The number of aliphatic carboxylic acids is 1. The first kappa shape index (κ1) is 14.0. The second-order valence-corrected chi connectivity index (χ2v) is 3.93. The second-order valence-electron chi connectivity index (χ2n) is 3.93. The van der Waals surface area contributed by atoms with E-state index in [9.17, 15) is 9.59 Å². The first-order valence-corrected chi connectivity index (χ1v) is 5.87. The number of unbranched alkanes of at least 4 members (excludes halogenated alkanes) is 1. The average molecular weight is 247 g/mol. The van der Waals surface area contributed by atoms with Crippen molar-refractivity contribution in [1.29, 1.82) is 0 Å². The van der Waals surface area contributed by atoms with Crippen LogP contribution in [-0.2, 0) is 4.79 Å². The number of hydrogen-bond acceptors (Lipinski definition) is 2. The maximum absolute atomic E-state index is 12.2. The fourth-order valence-corrected chi connectivity index (χ4v) is 1.53. The molecule has 0 heterocycles. The molecule has 0 fully saturated rings. The van der Waals surface area contributed by atoms with Crippen LogP contribution in [0.5, 0.6) is 0 Å². The van der Waals surface area contributed by atoms with Crippen molar-refractivity contribution in [3.8, 4) is 0 Å². The van der Waals surface area contributed by atoms with Gasteiger partial charge in [0.25, 0.3) is 5.91 Å². The third-order valence-electron chi connectivity index (χ3n) is 2.57. The Balaban J connectivity index is 2.92. The van der Waals surface area contributed by atoms with Gasteiger partial charge in [0.1, 0.15) is 5.70 Å². The van der Waals surface area contributed by atoms with E-state index in [4.69, 9.17) is 5.11 Å². The summed E-state index contributed by atoms with van der Waals surface area (Å²) in [5.41, 5.74) is 0.285. The topological polar surface area (TPSA) is 57.6 Å². The molecule has 0 unspecified atom stereocenters. The Morgan fingerprint density at radius 2 is 1.89 bits per heavy atom. The molecule has 0 saturated heterocycles. The molecule has 4 nitrogen and oxygen atoms in total. The Morgan fingerprint density at radius 3 is 2.39 bits per heavy atom. The summed E-state index contributed by atoms with van der Waals surface area (Å²) >= 11 is 0. The van der Waals surface area contributed by atoms with E-state index in [2.05, 4.69) is 6.58 Å². The number of carboxylic acid groups (broad SMARTS) is 1. The van der Waals surface area contributed by atoms with Gasteiger partial charge in [-0.05, 0) is 18.6 Å². The predicted octanol–water partition coefficient (Wildman–Crippen LogP) is 2.53. The highest BCUT2D eigenvalue weighted by molar-refractivity contribution is 6.00. The molecule has 18 heavy (non-hydrogen) atoms. The van der Waals surface area contributed by atoms with Gasteiger partial charge in [-0.15, -0.1) is 0 Å². The average Bonchev–Trinajstić information content (AvgIpc) is 2.39. The van der Waals surface area contributed by atoms with Gasteiger partial charge in [-0.25, -0.2) is 4.79 Å². The van der Waals surface area contributed by atoms with Crippen molar-refractivity contribution in [2.24, 2.45) is 0 Å². The monoisotopic (exact) mass is 247 g/mol. The van der Waals surface area contributed by atoms with Gasteiger partial charge in [0.2, 0.25) is 0 Å². The third-order valence-corrected chi connectivity index (χ3v) is 2.57. The zero-order valence-corrected chi connectivity index (χ0v) is 10.4. The maximum atomic E-state index is 12.2. The molecule has 0 saturated carbocycles. The minimum Gasteiger partial charge on any atom is -0.477 e. The number of carboxylic acids is 1. The first-order valence-electron chi connectivity index (χ1n) is 5.87. The van der Waals surface area contributed by atoms with Crippen molar-refractivity contribution in [2.75, 3.05) is 6.54 Å². The molecule has 0 aromatic heterocycles. The Labute approximate surface area is 107 Å². The zero-order valence-electron chi connectivity index (χ0n) is 10.4. The van der Waals surface area contributed by atoms with Gasteiger partial charge in [-0.3, -0.25) is 4.79 Å². The standard InChI is InChI=1S/C14H17NO3/c1-3-4-10-15(11(2)14(17)18)13(16)12-8-6-5-7-9-12/h5-9H,2-4,10H2,1H3,(H,17,18). The highest BCUT2D eigenvalue weighted by Gasteiger charge is 2.21. The van der Waals surface area contributed by atoms with E-state index in [0.29, 0.717) is 12.1 Å². The Morgan fingerprint density at radius 1 is 1.28 bits per heavy atom.